The van der Waals surface area contributed by atoms with Gasteiger partial charge in [-0.2, -0.15) is 0 Å². The van der Waals surface area contributed by atoms with Crippen LogP contribution in [0.1, 0.15) is 0 Å². The van der Waals surface area contributed by atoms with Gasteiger partial charge in [-0.15, -0.1) is 0 Å². The number of halogens is 3. The van der Waals surface area contributed by atoms with E-state index >= 15 is 0 Å². The van der Waals surface area contributed by atoms with Crippen molar-refractivity contribution in [2.75, 3.05) is 4.84 Å². The molecule has 0 bridgehead atoms. The molecule has 0 heterocycles. The molecule has 4 heteroatoms. The lowest BCUT2D eigenvalue weighted by Crippen LogP contribution is -1.82. The van der Waals surface area contributed by atoms with Crippen LogP contribution in [0.25, 0.3) is 0 Å². The molecule has 0 saturated heterocycles. The predicted octanol–water partition coefficient (Wildman–Crippen LogP) is 3.04. The molecule has 1 aromatic rings. The number of hydrogen-bond donors (Lipinski definition) is 1. The van der Waals surface area contributed by atoms with Crippen LogP contribution in [-0.2, 0) is 0 Å². The summed E-state index contributed by atoms with van der Waals surface area (Å²) in [6.07, 6.45) is 0. The third-order valence-electron chi connectivity index (χ3n) is 1.03. The van der Waals surface area contributed by atoms with Gasteiger partial charge in [-0.05, 0) is 18.2 Å². The minimum Gasteiger partial charge on any atom is -0.297 e. The zero-order valence-electron chi connectivity index (χ0n) is 4.87. The van der Waals surface area contributed by atoms with Crippen molar-refractivity contribution in [3.63, 3.8) is 0 Å². The van der Waals surface area contributed by atoms with Gasteiger partial charge >= 0.3 is 0 Å². The van der Waals surface area contributed by atoms with E-state index in [9.17, 15) is 4.39 Å². The molecule has 0 fully saturated rings. The Bertz CT molecular complexity index is 239. The zero-order valence-corrected chi connectivity index (χ0v) is 6.38. The average Bonchev–Trinajstić information content (AvgIpc) is 1.88. The Balaban J connectivity index is 3.07. The van der Waals surface area contributed by atoms with Crippen LogP contribution < -0.4 is 4.84 Å². The van der Waals surface area contributed by atoms with Crippen molar-refractivity contribution in [2.24, 2.45) is 0 Å². The van der Waals surface area contributed by atoms with Crippen LogP contribution >= 0.6 is 23.4 Å². The van der Waals surface area contributed by atoms with Crippen LogP contribution in [0.2, 0.25) is 5.02 Å². The van der Waals surface area contributed by atoms with Crippen molar-refractivity contribution < 1.29 is 4.39 Å². The van der Waals surface area contributed by atoms with Gasteiger partial charge in [0.2, 0.25) is 0 Å². The molecule has 10 heavy (non-hydrogen) atoms. The molecule has 0 atom stereocenters. The van der Waals surface area contributed by atoms with E-state index in [0.29, 0.717) is 5.69 Å². The van der Waals surface area contributed by atoms with E-state index in [1.165, 1.54) is 18.2 Å². The summed E-state index contributed by atoms with van der Waals surface area (Å²) < 4.78 is 12.3. The van der Waals surface area contributed by atoms with Crippen molar-refractivity contribution >= 4 is 29.1 Å². The van der Waals surface area contributed by atoms with Gasteiger partial charge in [-0.1, -0.05) is 11.6 Å². The first kappa shape index (κ1) is 7.63. The van der Waals surface area contributed by atoms with Crippen LogP contribution in [0.3, 0.4) is 0 Å². The molecule has 1 N–H and O–H groups in total. The van der Waals surface area contributed by atoms with E-state index in [-0.39, 0.29) is 10.8 Å². The quantitative estimate of drug-likeness (QED) is 0.654. The van der Waals surface area contributed by atoms with Gasteiger partial charge in [0.25, 0.3) is 0 Å². The van der Waals surface area contributed by atoms with Gasteiger partial charge in [0.1, 0.15) is 5.82 Å². The lowest BCUT2D eigenvalue weighted by molar-refractivity contribution is 0.628. The fraction of sp³-hybridized carbons (Fsp3) is 0. The lowest BCUT2D eigenvalue weighted by atomic mass is 10.3. The van der Waals surface area contributed by atoms with Gasteiger partial charge in [-0.3, -0.25) is 4.84 Å². The first-order chi connectivity index (χ1) is 4.74. The second kappa shape index (κ2) is 3.08. The molecule has 54 valence electrons. The Morgan fingerprint density at radius 3 is 2.60 bits per heavy atom. The van der Waals surface area contributed by atoms with Gasteiger partial charge in [0, 0.05) is 11.8 Å². The summed E-state index contributed by atoms with van der Waals surface area (Å²) in [7, 11) is 0. The first-order valence-corrected chi connectivity index (χ1v) is 3.31. The molecule has 0 aromatic heterocycles. The SMILES string of the molecule is Fc1ccc(NCl)c(Cl)c1. The topological polar surface area (TPSA) is 12.0 Å². The maximum Gasteiger partial charge on any atom is 0.124 e. The Kier molecular flexibility index (Phi) is 2.35. The number of anilines is 1. The third kappa shape index (κ3) is 1.52. The second-order valence-electron chi connectivity index (χ2n) is 1.72. The molecule has 0 unspecified atom stereocenters. The number of nitrogens with one attached hydrogen (secondary N) is 1. The van der Waals surface area contributed by atoms with Gasteiger partial charge in [0.15, 0.2) is 0 Å². The summed E-state index contributed by atoms with van der Waals surface area (Å²) in [5.74, 6) is -0.374. The van der Waals surface area contributed by atoms with Crippen LogP contribution in [-0.4, -0.2) is 0 Å². The first-order valence-electron chi connectivity index (χ1n) is 2.55. The van der Waals surface area contributed by atoms with E-state index < -0.39 is 0 Å². The van der Waals surface area contributed by atoms with Crippen LogP contribution in [0.15, 0.2) is 18.2 Å². The van der Waals surface area contributed by atoms with E-state index in [0.717, 1.165) is 0 Å². The monoisotopic (exact) mass is 179 g/mol. The third-order valence-corrected chi connectivity index (χ3v) is 1.55. The van der Waals surface area contributed by atoms with Crippen molar-refractivity contribution in [3.05, 3.63) is 29.0 Å². The lowest BCUT2D eigenvalue weighted by Gasteiger charge is -1.98. The summed E-state index contributed by atoms with van der Waals surface area (Å²) in [5, 5.41) is 0.273. The van der Waals surface area contributed by atoms with Crippen molar-refractivity contribution in [3.8, 4) is 0 Å². The standard InChI is InChI=1S/C6H4Cl2FN/c7-5-3-4(9)1-2-6(5)10-8/h1-3,10H. The molecule has 0 saturated carbocycles. The van der Waals surface area contributed by atoms with Gasteiger partial charge in [0.05, 0.1) is 10.7 Å². The normalized spacial score (nSPS) is 9.50. The van der Waals surface area contributed by atoms with E-state index in [1.54, 1.807) is 0 Å². The van der Waals surface area contributed by atoms with E-state index in [1.807, 2.05) is 0 Å². The fourth-order valence-electron chi connectivity index (χ4n) is 0.566. The fourth-order valence-corrected chi connectivity index (χ4v) is 0.994. The minimum atomic E-state index is -0.374. The summed E-state index contributed by atoms with van der Waals surface area (Å²) >= 11 is 10.8. The smallest absolute Gasteiger partial charge is 0.124 e. The Hall–Kier alpha value is -0.470. The van der Waals surface area contributed by atoms with Crippen LogP contribution in [0.5, 0.6) is 0 Å². The molecule has 0 spiro atoms. The number of benzene rings is 1. The average molecular weight is 180 g/mol. The van der Waals surface area contributed by atoms with E-state index in [4.69, 9.17) is 23.4 Å². The molecule has 0 aliphatic carbocycles. The molecule has 0 aliphatic rings. The number of hydrogen-bond acceptors (Lipinski definition) is 1. The van der Waals surface area contributed by atoms with E-state index in [2.05, 4.69) is 4.84 Å². The van der Waals surface area contributed by atoms with Crippen LogP contribution in [0, 0.1) is 5.82 Å². The molecule has 0 radical (unpaired) electrons. The highest BCUT2D eigenvalue weighted by molar-refractivity contribution is 6.35. The summed E-state index contributed by atoms with van der Waals surface area (Å²) in [4.78, 5) is 2.30. The molecular weight excluding hydrogens is 176 g/mol. The Morgan fingerprint density at radius 2 is 2.10 bits per heavy atom. The maximum absolute atomic E-state index is 12.3. The summed E-state index contributed by atoms with van der Waals surface area (Å²) in [6, 6.07) is 3.92. The highest BCUT2D eigenvalue weighted by atomic mass is 35.5. The van der Waals surface area contributed by atoms with Crippen molar-refractivity contribution in [2.45, 2.75) is 0 Å². The predicted molar refractivity (Wildman–Crippen MR) is 40.9 cm³/mol. The summed E-state index contributed by atoms with van der Waals surface area (Å²) in [5.41, 5.74) is 0.504. The second-order valence-corrected chi connectivity index (χ2v) is 2.31. The minimum absolute atomic E-state index is 0.273. The Labute approximate surface area is 67.9 Å². The molecule has 0 aliphatic heterocycles. The molecular formula is C6H4Cl2FN. The van der Waals surface area contributed by atoms with Crippen LogP contribution in [0.4, 0.5) is 10.1 Å². The largest absolute Gasteiger partial charge is 0.297 e. The molecule has 1 aromatic carbocycles. The van der Waals surface area contributed by atoms with Crippen molar-refractivity contribution in [1.82, 2.24) is 0 Å². The molecule has 1 rings (SSSR count). The Morgan fingerprint density at radius 1 is 1.40 bits per heavy atom. The highest BCUT2D eigenvalue weighted by Gasteiger charge is 1.98. The summed E-state index contributed by atoms with van der Waals surface area (Å²) in [6.45, 7) is 0. The highest BCUT2D eigenvalue weighted by Crippen LogP contribution is 2.22. The number of rotatable bonds is 1. The molecule has 1 nitrogen and oxygen atoms in total. The zero-order chi connectivity index (χ0) is 7.56. The van der Waals surface area contributed by atoms with Gasteiger partial charge < -0.3 is 0 Å². The maximum atomic E-state index is 12.3. The molecule has 0 amide bonds. The van der Waals surface area contributed by atoms with Gasteiger partial charge in [-0.25, -0.2) is 4.39 Å². The van der Waals surface area contributed by atoms with Crippen molar-refractivity contribution in [1.29, 1.82) is 0 Å².